The summed E-state index contributed by atoms with van der Waals surface area (Å²) in [6.45, 7) is 2.26. The molecule has 3 rings (SSSR count). The van der Waals surface area contributed by atoms with Crippen LogP contribution in [0.3, 0.4) is 0 Å². The summed E-state index contributed by atoms with van der Waals surface area (Å²) in [4.78, 5) is 0. The molecule has 0 radical (unpaired) electrons. The first-order valence-electron chi connectivity index (χ1n) is 9.30. The molecule has 0 aliphatic heterocycles. The first-order chi connectivity index (χ1) is 12.1. The molecule has 2 aromatic carbocycles. The minimum atomic E-state index is -1.42. The molecule has 0 bridgehead atoms. The van der Waals surface area contributed by atoms with E-state index in [1.54, 1.807) is 0 Å². The van der Waals surface area contributed by atoms with E-state index in [-0.39, 0.29) is 0 Å². The second-order valence-electron chi connectivity index (χ2n) is 7.32. The molecule has 3 heteroatoms. The van der Waals surface area contributed by atoms with Crippen molar-refractivity contribution in [2.75, 3.05) is 0 Å². The highest BCUT2D eigenvalue weighted by molar-refractivity contribution is 5.63. The Bertz CT molecular complexity index is 683. The molecule has 0 saturated heterocycles. The van der Waals surface area contributed by atoms with E-state index in [1.165, 1.54) is 44.1 Å². The molecule has 2 aromatic rings. The largest absolute Gasteiger partial charge is 0.204 e. The van der Waals surface area contributed by atoms with Crippen molar-refractivity contribution in [1.29, 1.82) is 0 Å². The maximum atomic E-state index is 13.4. The molecule has 0 spiro atoms. The highest BCUT2D eigenvalue weighted by Crippen LogP contribution is 2.36. The standard InChI is InChI=1S/C22H25F3/c1-2-3-16-6-7-17(12-16)5-4-15-8-10-18(11-9-15)19-13-20(23)22(25)21(24)14-19/h8-11,13-14,16-17H,2-7,12H2,1H3. The van der Waals surface area contributed by atoms with Gasteiger partial charge in [0.25, 0.3) is 0 Å². The fourth-order valence-corrected chi connectivity index (χ4v) is 4.07. The van der Waals surface area contributed by atoms with Crippen molar-refractivity contribution in [3.63, 3.8) is 0 Å². The molecule has 134 valence electrons. The van der Waals surface area contributed by atoms with E-state index < -0.39 is 17.5 Å². The molecular weight excluding hydrogens is 321 g/mol. The van der Waals surface area contributed by atoms with Gasteiger partial charge in [-0.3, -0.25) is 0 Å². The van der Waals surface area contributed by atoms with Crippen LogP contribution in [0.2, 0.25) is 0 Å². The van der Waals surface area contributed by atoms with Crippen molar-refractivity contribution >= 4 is 0 Å². The van der Waals surface area contributed by atoms with Crippen molar-refractivity contribution in [2.24, 2.45) is 11.8 Å². The molecule has 1 fully saturated rings. The minimum Gasteiger partial charge on any atom is -0.204 e. The Kier molecular flexibility index (Phi) is 5.82. The predicted molar refractivity (Wildman–Crippen MR) is 95.8 cm³/mol. The van der Waals surface area contributed by atoms with E-state index in [0.717, 1.165) is 30.4 Å². The summed E-state index contributed by atoms with van der Waals surface area (Å²) in [5, 5.41) is 0. The lowest BCUT2D eigenvalue weighted by Crippen LogP contribution is -1.99. The monoisotopic (exact) mass is 346 g/mol. The summed E-state index contributed by atoms with van der Waals surface area (Å²) in [6, 6.07) is 9.81. The molecule has 25 heavy (non-hydrogen) atoms. The number of hydrogen-bond acceptors (Lipinski definition) is 0. The smallest absolute Gasteiger partial charge is 0.194 e. The van der Waals surface area contributed by atoms with Gasteiger partial charge in [-0.15, -0.1) is 0 Å². The SMILES string of the molecule is CCCC1CCC(CCc2ccc(-c3cc(F)c(F)c(F)c3)cc2)C1. The average molecular weight is 346 g/mol. The molecule has 0 amide bonds. The molecule has 0 aromatic heterocycles. The van der Waals surface area contributed by atoms with Crippen molar-refractivity contribution < 1.29 is 13.2 Å². The molecular formula is C22H25F3. The summed E-state index contributed by atoms with van der Waals surface area (Å²) < 4.78 is 39.8. The van der Waals surface area contributed by atoms with Crippen LogP contribution in [0.15, 0.2) is 36.4 Å². The minimum absolute atomic E-state index is 0.362. The van der Waals surface area contributed by atoms with E-state index in [1.807, 2.05) is 24.3 Å². The summed E-state index contributed by atoms with van der Waals surface area (Å²) in [5.41, 5.74) is 2.30. The first kappa shape index (κ1) is 18.0. The number of aryl methyl sites for hydroxylation is 1. The zero-order valence-electron chi connectivity index (χ0n) is 14.7. The fourth-order valence-electron chi connectivity index (χ4n) is 4.07. The second kappa shape index (κ2) is 8.07. The third kappa shape index (κ3) is 4.45. The Labute approximate surface area is 148 Å². The molecule has 1 aliphatic rings. The van der Waals surface area contributed by atoms with Crippen molar-refractivity contribution in [3.05, 3.63) is 59.4 Å². The number of hydrogen-bond donors (Lipinski definition) is 0. The van der Waals surface area contributed by atoms with Crippen molar-refractivity contribution in [2.45, 2.75) is 51.9 Å². The van der Waals surface area contributed by atoms with Crippen LogP contribution in [0.25, 0.3) is 11.1 Å². The highest BCUT2D eigenvalue weighted by Gasteiger charge is 2.23. The van der Waals surface area contributed by atoms with Crippen molar-refractivity contribution in [3.8, 4) is 11.1 Å². The Morgan fingerprint density at radius 3 is 2.04 bits per heavy atom. The van der Waals surface area contributed by atoms with E-state index >= 15 is 0 Å². The summed E-state index contributed by atoms with van der Waals surface area (Å²) >= 11 is 0. The molecule has 1 aliphatic carbocycles. The maximum Gasteiger partial charge on any atom is 0.194 e. The third-order valence-electron chi connectivity index (χ3n) is 5.46. The van der Waals surface area contributed by atoms with E-state index in [4.69, 9.17) is 0 Å². The zero-order valence-corrected chi connectivity index (χ0v) is 14.7. The number of benzene rings is 2. The highest BCUT2D eigenvalue weighted by atomic mass is 19.2. The molecule has 0 N–H and O–H groups in total. The van der Waals surface area contributed by atoms with Crippen LogP contribution in [-0.4, -0.2) is 0 Å². The van der Waals surface area contributed by atoms with E-state index in [2.05, 4.69) is 6.92 Å². The van der Waals surface area contributed by atoms with Crippen LogP contribution < -0.4 is 0 Å². The van der Waals surface area contributed by atoms with Gasteiger partial charge in [-0.25, -0.2) is 13.2 Å². The van der Waals surface area contributed by atoms with Gasteiger partial charge in [0, 0.05) is 0 Å². The van der Waals surface area contributed by atoms with Gasteiger partial charge >= 0.3 is 0 Å². The molecule has 0 heterocycles. The number of rotatable bonds is 6. The summed E-state index contributed by atoms with van der Waals surface area (Å²) in [5.74, 6) is -1.97. The lowest BCUT2D eigenvalue weighted by molar-refractivity contribution is 0.443. The Morgan fingerprint density at radius 2 is 1.44 bits per heavy atom. The van der Waals surface area contributed by atoms with E-state index in [9.17, 15) is 13.2 Å². The first-order valence-corrected chi connectivity index (χ1v) is 9.30. The van der Waals surface area contributed by atoms with Gasteiger partial charge in [-0.05, 0) is 59.9 Å². The topological polar surface area (TPSA) is 0 Å². The van der Waals surface area contributed by atoms with Crippen molar-refractivity contribution in [1.82, 2.24) is 0 Å². The Morgan fingerprint density at radius 1 is 0.840 bits per heavy atom. The van der Waals surface area contributed by atoms with Crippen LogP contribution in [0.4, 0.5) is 13.2 Å². The quantitative estimate of drug-likeness (QED) is 0.498. The van der Waals surface area contributed by atoms with Gasteiger partial charge in [0.1, 0.15) is 0 Å². The van der Waals surface area contributed by atoms with Crippen LogP contribution in [0.5, 0.6) is 0 Å². The average Bonchev–Trinajstić information content (AvgIpc) is 3.06. The predicted octanol–water partition coefficient (Wildman–Crippen LogP) is 6.92. The third-order valence-corrected chi connectivity index (χ3v) is 5.46. The molecule has 2 atom stereocenters. The van der Waals surface area contributed by atoms with Crippen LogP contribution >= 0.6 is 0 Å². The molecule has 1 saturated carbocycles. The fraction of sp³-hybridized carbons (Fsp3) is 0.455. The molecule has 0 nitrogen and oxygen atoms in total. The van der Waals surface area contributed by atoms with Gasteiger partial charge in [0.15, 0.2) is 17.5 Å². The van der Waals surface area contributed by atoms with Crippen LogP contribution in [-0.2, 0) is 6.42 Å². The van der Waals surface area contributed by atoms with Gasteiger partial charge in [0.05, 0.1) is 0 Å². The molecule has 2 unspecified atom stereocenters. The lowest BCUT2D eigenvalue weighted by atomic mass is 9.95. The second-order valence-corrected chi connectivity index (χ2v) is 7.32. The Balaban J connectivity index is 1.59. The van der Waals surface area contributed by atoms with Crippen LogP contribution in [0, 0.1) is 29.3 Å². The number of halogens is 3. The van der Waals surface area contributed by atoms with Gasteiger partial charge in [-0.2, -0.15) is 0 Å². The van der Waals surface area contributed by atoms with Gasteiger partial charge < -0.3 is 0 Å². The summed E-state index contributed by atoms with van der Waals surface area (Å²) in [7, 11) is 0. The maximum absolute atomic E-state index is 13.4. The van der Waals surface area contributed by atoms with Gasteiger partial charge in [-0.1, -0.05) is 56.9 Å². The lowest BCUT2D eigenvalue weighted by Gasteiger charge is -2.11. The Hall–Kier alpha value is -1.77. The van der Waals surface area contributed by atoms with Gasteiger partial charge in [0.2, 0.25) is 0 Å². The van der Waals surface area contributed by atoms with E-state index in [0.29, 0.717) is 11.1 Å². The zero-order chi connectivity index (χ0) is 17.8. The normalized spacial score (nSPS) is 20.2. The van der Waals surface area contributed by atoms with Crippen LogP contribution in [0.1, 0.15) is 51.0 Å². The summed E-state index contributed by atoms with van der Waals surface area (Å²) in [6.07, 6.45) is 8.96.